The number of rotatable bonds is 2. The van der Waals surface area contributed by atoms with Gasteiger partial charge >= 0.3 is 0 Å². The lowest BCUT2D eigenvalue weighted by molar-refractivity contribution is 0.762. The number of nitrogens with one attached hydrogen (secondary N) is 1. The van der Waals surface area contributed by atoms with Crippen LogP contribution in [0.5, 0.6) is 0 Å². The summed E-state index contributed by atoms with van der Waals surface area (Å²) in [6, 6.07) is 6.45. The van der Waals surface area contributed by atoms with E-state index in [1.165, 1.54) is 16.9 Å². The first-order valence-electron chi connectivity index (χ1n) is 4.85. The molecule has 2 rings (SSSR count). The van der Waals surface area contributed by atoms with E-state index >= 15 is 0 Å². The van der Waals surface area contributed by atoms with E-state index in [0.29, 0.717) is 5.92 Å². The smallest absolute Gasteiger partial charge is 0.0544 e. The zero-order chi connectivity index (χ0) is 9.97. The van der Waals surface area contributed by atoms with E-state index in [0.717, 1.165) is 18.1 Å². The van der Waals surface area contributed by atoms with Crippen LogP contribution in [-0.4, -0.2) is 19.3 Å². The van der Waals surface area contributed by atoms with Crippen LogP contribution in [0.3, 0.4) is 0 Å². The predicted molar refractivity (Wildman–Crippen MR) is 63.5 cm³/mol. The second-order valence-corrected chi connectivity index (χ2v) is 4.84. The highest BCUT2D eigenvalue weighted by molar-refractivity contribution is 7.98. The van der Waals surface area contributed by atoms with Crippen molar-refractivity contribution >= 4 is 23.4 Å². The van der Waals surface area contributed by atoms with Crippen LogP contribution in [0.2, 0.25) is 5.02 Å². The SMILES string of the molecule is CSc1ccc(C2CCNC2)cc1Cl. The van der Waals surface area contributed by atoms with E-state index in [4.69, 9.17) is 11.6 Å². The number of benzene rings is 1. The van der Waals surface area contributed by atoms with E-state index in [2.05, 4.69) is 29.8 Å². The molecule has 0 radical (unpaired) electrons. The third kappa shape index (κ3) is 2.08. The van der Waals surface area contributed by atoms with Gasteiger partial charge in [-0.1, -0.05) is 17.7 Å². The number of thioether (sulfide) groups is 1. The summed E-state index contributed by atoms with van der Waals surface area (Å²) in [5, 5.41) is 4.26. The third-order valence-electron chi connectivity index (χ3n) is 2.71. The lowest BCUT2D eigenvalue weighted by Crippen LogP contribution is -2.07. The van der Waals surface area contributed by atoms with Gasteiger partial charge in [0.1, 0.15) is 0 Å². The highest BCUT2D eigenvalue weighted by atomic mass is 35.5. The minimum absolute atomic E-state index is 0.656. The summed E-state index contributed by atoms with van der Waals surface area (Å²) in [6.07, 6.45) is 3.28. The van der Waals surface area contributed by atoms with Crippen molar-refractivity contribution in [1.82, 2.24) is 5.32 Å². The first-order valence-corrected chi connectivity index (χ1v) is 6.45. The Kier molecular flexibility index (Phi) is 3.37. The van der Waals surface area contributed by atoms with E-state index < -0.39 is 0 Å². The Morgan fingerprint density at radius 1 is 1.50 bits per heavy atom. The molecule has 0 saturated carbocycles. The molecule has 1 atom stereocenters. The van der Waals surface area contributed by atoms with Crippen LogP contribution in [0.15, 0.2) is 23.1 Å². The Hall–Kier alpha value is -0.180. The van der Waals surface area contributed by atoms with Crippen LogP contribution in [0.25, 0.3) is 0 Å². The molecular weight excluding hydrogens is 214 g/mol. The molecule has 1 aromatic carbocycles. The molecule has 0 bridgehead atoms. The van der Waals surface area contributed by atoms with Crippen molar-refractivity contribution < 1.29 is 0 Å². The van der Waals surface area contributed by atoms with Gasteiger partial charge < -0.3 is 5.32 Å². The Labute approximate surface area is 94.2 Å². The monoisotopic (exact) mass is 227 g/mol. The van der Waals surface area contributed by atoms with E-state index in [1.54, 1.807) is 11.8 Å². The number of halogens is 1. The van der Waals surface area contributed by atoms with Gasteiger partial charge in [-0.2, -0.15) is 0 Å². The summed E-state index contributed by atoms with van der Waals surface area (Å²) >= 11 is 7.87. The Bertz CT molecular complexity index is 321. The van der Waals surface area contributed by atoms with E-state index in [9.17, 15) is 0 Å². The van der Waals surface area contributed by atoms with Crippen LogP contribution in [-0.2, 0) is 0 Å². The minimum Gasteiger partial charge on any atom is -0.316 e. The molecule has 1 heterocycles. The van der Waals surface area contributed by atoms with Gasteiger partial charge in [-0.3, -0.25) is 0 Å². The van der Waals surface area contributed by atoms with Crippen molar-refractivity contribution in [2.45, 2.75) is 17.2 Å². The van der Waals surface area contributed by atoms with E-state index in [-0.39, 0.29) is 0 Å². The molecule has 14 heavy (non-hydrogen) atoms. The van der Waals surface area contributed by atoms with Crippen LogP contribution >= 0.6 is 23.4 Å². The maximum absolute atomic E-state index is 6.17. The van der Waals surface area contributed by atoms with Crippen LogP contribution in [0.1, 0.15) is 17.9 Å². The van der Waals surface area contributed by atoms with Crippen molar-refractivity contribution in [1.29, 1.82) is 0 Å². The summed E-state index contributed by atoms with van der Waals surface area (Å²) in [5.74, 6) is 0.656. The van der Waals surface area contributed by atoms with Gasteiger partial charge in [-0.25, -0.2) is 0 Å². The van der Waals surface area contributed by atoms with Crippen molar-refractivity contribution in [2.75, 3.05) is 19.3 Å². The fraction of sp³-hybridized carbons (Fsp3) is 0.455. The maximum Gasteiger partial charge on any atom is 0.0544 e. The molecule has 1 aliphatic rings. The quantitative estimate of drug-likeness (QED) is 0.780. The fourth-order valence-electron chi connectivity index (χ4n) is 1.88. The van der Waals surface area contributed by atoms with Gasteiger partial charge in [0.25, 0.3) is 0 Å². The van der Waals surface area contributed by atoms with Gasteiger partial charge in [0, 0.05) is 11.4 Å². The van der Waals surface area contributed by atoms with Gasteiger partial charge in [0.05, 0.1) is 5.02 Å². The van der Waals surface area contributed by atoms with Crippen LogP contribution < -0.4 is 5.32 Å². The molecule has 0 spiro atoms. The lowest BCUT2D eigenvalue weighted by atomic mass is 9.99. The molecule has 1 N–H and O–H groups in total. The van der Waals surface area contributed by atoms with Gasteiger partial charge in [0.15, 0.2) is 0 Å². The van der Waals surface area contributed by atoms with Crippen molar-refractivity contribution in [2.24, 2.45) is 0 Å². The number of hydrogen-bond donors (Lipinski definition) is 1. The topological polar surface area (TPSA) is 12.0 Å². The molecular formula is C11H14ClNS. The van der Waals surface area contributed by atoms with E-state index in [1.807, 2.05) is 0 Å². The normalized spacial score (nSPS) is 21.4. The zero-order valence-electron chi connectivity index (χ0n) is 8.22. The molecule has 0 aliphatic carbocycles. The summed E-state index contributed by atoms with van der Waals surface area (Å²) in [4.78, 5) is 1.17. The zero-order valence-corrected chi connectivity index (χ0v) is 9.79. The molecule has 1 unspecified atom stereocenters. The predicted octanol–water partition coefficient (Wildman–Crippen LogP) is 3.14. The largest absolute Gasteiger partial charge is 0.316 e. The molecule has 1 fully saturated rings. The Morgan fingerprint density at radius 2 is 2.36 bits per heavy atom. The average Bonchev–Trinajstić information content (AvgIpc) is 2.70. The minimum atomic E-state index is 0.656. The maximum atomic E-state index is 6.17. The highest BCUT2D eigenvalue weighted by Gasteiger charge is 2.17. The highest BCUT2D eigenvalue weighted by Crippen LogP contribution is 2.30. The third-order valence-corrected chi connectivity index (χ3v) is 3.93. The molecule has 3 heteroatoms. The second-order valence-electron chi connectivity index (χ2n) is 3.58. The lowest BCUT2D eigenvalue weighted by Gasteiger charge is -2.10. The standard InChI is InChI=1S/C11H14ClNS/c1-14-11-3-2-8(6-10(11)12)9-4-5-13-7-9/h2-3,6,9,13H,4-5,7H2,1H3. The van der Waals surface area contributed by atoms with Crippen LogP contribution in [0.4, 0.5) is 0 Å². The molecule has 1 aliphatic heterocycles. The Morgan fingerprint density at radius 3 is 2.93 bits per heavy atom. The van der Waals surface area contributed by atoms with Gasteiger partial charge in [-0.15, -0.1) is 11.8 Å². The molecule has 1 saturated heterocycles. The molecule has 0 amide bonds. The van der Waals surface area contributed by atoms with Crippen molar-refractivity contribution in [3.8, 4) is 0 Å². The fourth-order valence-corrected chi connectivity index (χ4v) is 2.75. The van der Waals surface area contributed by atoms with Gasteiger partial charge in [0.2, 0.25) is 0 Å². The van der Waals surface area contributed by atoms with Crippen molar-refractivity contribution in [3.05, 3.63) is 28.8 Å². The van der Waals surface area contributed by atoms with Crippen LogP contribution in [0, 0.1) is 0 Å². The van der Waals surface area contributed by atoms with Crippen molar-refractivity contribution in [3.63, 3.8) is 0 Å². The summed E-state index contributed by atoms with van der Waals surface area (Å²) < 4.78 is 0. The summed E-state index contributed by atoms with van der Waals surface area (Å²) in [6.45, 7) is 2.22. The average molecular weight is 228 g/mol. The molecule has 76 valence electrons. The summed E-state index contributed by atoms with van der Waals surface area (Å²) in [5.41, 5.74) is 1.37. The molecule has 0 aromatic heterocycles. The first-order chi connectivity index (χ1) is 6.81. The Balaban J connectivity index is 2.23. The second kappa shape index (κ2) is 4.56. The van der Waals surface area contributed by atoms with Gasteiger partial charge in [-0.05, 0) is 42.8 Å². The summed E-state index contributed by atoms with van der Waals surface area (Å²) in [7, 11) is 0. The molecule has 1 aromatic rings. The molecule has 1 nitrogen and oxygen atoms in total. The first kappa shape index (κ1) is 10.3. The number of hydrogen-bond acceptors (Lipinski definition) is 2.